The molecule has 0 spiro atoms. The highest BCUT2D eigenvalue weighted by Gasteiger charge is 2.28. The molecule has 124 valence electrons. The number of hydrogen-bond acceptors (Lipinski definition) is 4. The van der Waals surface area contributed by atoms with Crippen molar-refractivity contribution in [2.45, 2.75) is 25.7 Å². The fourth-order valence-electron chi connectivity index (χ4n) is 3.16. The molecule has 1 N–H and O–H groups in total. The van der Waals surface area contributed by atoms with Gasteiger partial charge in [0.1, 0.15) is 11.3 Å². The Balaban J connectivity index is 1.96. The molecule has 0 radical (unpaired) electrons. The third-order valence-electron chi connectivity index (χ3n) is 4.51. The molecule has 3 aromatic rings. The Morgan fingerprint density at radius 3 is 2.71 bits per heavy atom. The number of furan rings is 1. The van der Waals surface area contributed by atoms with Gasteiger partial charge in [-0.15, -0.1) is 0 Å². The van der Waals surface area contributed by atoms with Crippen molar-refractivity contribution in [1.29, 1.82) is 0 Å². The first-order chi connectivity index (χ1) is 11.6. The molecule has 2 heterocycles. The van der Waals surface area contributed by atoms with Crippen LogP contribution in [0.3, 0.4) is 0 Å². The van der Waals surface area contributed by atoms with Gasteiger partial charge in [0, 0.05) is 53.2 Å². The highest BCUT2D eigenvalue weighted by Crippen LogP contribution is 2.44. The molecule has 1 aromatic carbocycles. The molecule has 4 rings (SSSR count). The topological polar surface area (TPSA) is 47.2 Å². The van der Waals surface area contributed by atoms with E-state index < -0.39 is 0 Å². The van der Waals surface area contributed by atoms with Gasteiger partial charge in [0.2, 0.25) is 0 Å². The van der Waals surface area contributed by atoms with E-state index in [0.29, 0.717) is 5.92 Å². The van der Waals surface area contributed by atoms with Crippen LogP contribution in [0, 0.1) is 6.92 Å². The summed E-state index contributed by atoms with van der Waals surface area (Å²) in [4.78, 5) is 12.0. The van der Waals surface area contributed by atoms with Crippen LogP contribution in [0.2, 0.25) is 0 Å². The molecule has 0 amide bonds. The lowest BCUT2D eigenvalue weighted by Gasteiger charge is -2.10. The molecule has 0 aliphatic heterocycles. The molecular formula is C19H20N2O2S. The Morgan fingerprint density at radius 1 is 1.25 bits per heavy atom. The highest BCUT2D eigenvalue weighted by molar-refractivity contribution is 7.99. The van der Waals surface area contributed by atoms with Gasteiger partial charge in [0.25, 0.3) is 5.56 Å². The highest BCUT2D eigenvalue weighted by atomic mass is 32.2. The number of aryl methyl sites for hydroxylation is 2. The zero-order valence-corrected chi connectivity index (χ0v) is 14.9. The third kappa shape index (κ3) is 2.63. The molecule has 1 aliphatic carbocycles. The summed E-state index contributed by atoms with van der Waals surface area (Å²) >= 11 is 1.57. The van der Waals surface area contributed by atoms with E-state index in [-0.39, 0.29) is 5.56 Å². The lowest BCUT2D eigenvalue weighted by molar-refractivity contribution is 0.553. The Bertz CT molecular complexity index is 957. The lowest BCUT2D eigenvalue weighted by Crippen LogP contribution is -2.18. The van der Waals surface area contributed by atoms with Crippen LogP contribution in [0.1, 0.15) is 30.1 Å². The number of fused-ring (bicyclic) bond motifs is 1. The molecule has 2 aromatic heterocycles. The van der Waals surface area contributed by atoms with Crippen molar-refractivity contribution < 1.29 is 4.42 Å². The van der Waals surface area contributed by atoms with Crippen molar-refractivity contribution in [2.24, 2.45) is 7.05 Å². The summed E-state index contributed by atoms with van der Waals surface area (Å²) in [7, 11) is 1.79. The van der Waals surface area contributed by atoms with Crippen molar-refractivity contribution in [1.82, 2.24) is 4.57 Å². The monoisotopic (exact) mass is 340 g/mol. The Labute approximate surface area is 145 Å². The van der Waals surface area contributed by atoms with Crippen LogP contribution in [0.4, 0.5) is 5.69 Å². The summed E-state index contributed by atoms with van der Waals surface area (Å²) in [6, 6.07) is 8.33. The molecule has 0 unspecified atom stereocenters. The molecule has 1 saturated carbocycles. The fourth-order valence-corrected chi connectivity index (χ4v) is 3.51. The SMILES string of the molecule is CSNc1cc(-c2cc(C)c(=O)n(C)c2)c2oc(C3CC3)cc2c1. The first kappa shape index (κ1) is 15.4. The molecule has 4 nitrogen and oxygen atoms in total. The van der Waals surface area contributed by atoms with E-state index in [1.807, 2.05) is 25.4 Å². The molecule has 5 heteroatoms. The average Bonchev–Trinajstić information content (AvgIpc) is 3.31. The van der Waals surface area contributed by atoms with Crippen LogP contribution in [-0.4, -0.2) is 10.8 Å². The van der Waals surface area contributed by atoms with Gasteiger partial charge >= 0.3 is 0 Å². The van der Waals surface area contributed by atoms with Gasteiger partial charge in [0.15, 0.2) is 0 Å². The summed E-state index contributed by atoms with van der Waals surface area (Å²) < 4.78 is 11.1. The largest absolute Gasteiger partial charge is 0.460 e. The third-order valence-corrected chi connectivity index (χ3v) is 4.95. The predicted octanol–water partition coefficient (Wildman–Crippen LogP) is 4.67. The van der Waals surface area contributed by atoms with Gasteiger partial charge in [-0.2, -0.15) is 0 Å². The summed E-state index contributed by atoms with van der Waals surface area (Å²) in [5, 5.41) is 1.11. The molecule has 1 aliphatic rings. The van der Waals surface area contributed by atoms with Crippen LogP contribution < -0.4 is 10.3 Å². The molecule has 0 saturated heterocycles. The van der Waals surface area contributed by atoms with Crippen LogP contribution in [0.15, 0.2) is 39.7 Å². The number of hydrogen-bond donors (Lipinski definition) is 1. The first-order valence-corrected chi connectivity index (χ1v) is 9.33. The standard InChI is InChI=1S/C19H20N2O2S/c1-11-6-14(10-21(2)19(11)22)16-9-15(20-24-3)7-13-8-17(12-4-5-12)23-18(13)16/h6-10,12,20H,4-5H2,1-3H3. The number of pyridine rings is 1. The van der Waals surface area contributed by atoms with Crippen molar-refractivity contribution in [3.05, 3.63) is 52.1 Å². The van der Waals surface area contributed by atoms with Crippen LogP contribution in [0.25, 0.3) is 22.1 Å². The summed E-state index contributed by atoms with van der Waals surface area (Å²) in [6.45, 7) is 1.85. The fraction of sp³-hybridized carbons (Fsp3) is 0.316. The summed E-state index contributed by atoms with van der Waals surface area (Å²) in [5.74, 6) is 1.65. The molecule has 24 heavy (non-hydrogen) atoms. The molecule has 0 atom stereocenters. The maximum Gasteiger partial charge on any atom is 0.253 e. The van der Waals surface area contributed by atoms with Gasteiger partial charge in [0.05, 0.1) is 0 Å². The molecule has 0 bridgehead atoms. The number of anilines is 1. The van der Waals surface area contributed by atoms with Crippen molar-refractivity contribution in [3.8, 4) is 11.1 Å². The van der Waals surface area contributed by atoms with Crippen molar-refractivity contribution >= 4 is 28.6 Å². The van der Waals surface area contributed by atoms with Gasteiger partial charge in [-0.1, -0.05) is 11.9 Å². The lowest BCUT2D eigenvalue weighted by atomic mass is 10.0. The zero-order chi connectivity index (χ0) is 16.8. The number of nitrogens with zero attached hydrogens (tertiary/aromatic N) is 1. The van der Waals surface area contributed by atoms with Gasteiger partial charge in [-0.25, -0.2) is 0 Å². The van der Waals surface area contributed by atoms with E-state index >= 15 is 0 Å². The van der Waals surface area contributed by atoms with E-state index in [0.717, 1.165) is 39.1 Å². The minimum Gasteiger partial charge on any atom is -0.460 e. The van der Waals surface area contributed by atoms with Crippen molar-refractivity contribution in [3.63, 3.8) is 0 Å². The number of nitrogens with one attached hydrogen (secondary N) is 1. The Kier molecular flexibility index (Phi) is 3.68. The van der Waals surface area contributed by atoms with Crippen LogP contribution in [-0.2, 0) is 7.05 Å². The van der Waals surface area contributed by atoms with E-state index in [9.17, 15) is 4.79 Å². The second kappa shape index (κ2) is 5.74. The predicted molar refractivity (Wildman–Crippen MR) is 101 cm³/mol. The normalized spacial score (nSPS) is 14.3. The zero-order valence-electron chi connectivity index (χ0n) is 14.1. The summed E-state index contributed by atoms with van der Waals surface area (Å²) in [6.07, 6.45) is 6.31. The maximum atomic E-state index is 12.0. The Hall–Kier alpha value is -2.14. The van der Waals surface area contributed by atoms with E-state index in [1.54, 1.807) is 23.6 Å². The second-order valence-electron chi connectivity index (χ2n) is 6.50. The van der Waals surface area contributed by atoms with Gasteiger partial charge in [-0.3, -0.25) is 4.79 Å². The number of rotatable bonds is 4. The molecular weight excluding hydrogens is 320 g/mol. The van der Waals surface area contributed by atoms with Gasteiger partial charge in [-0.05, 0) is 44.0 Å². The quantitative estimate of drug-likeness (QED) is 0.701. The number of aromatic nitrogens is 1. The second-order valence-corrected chi connectivity index (χ2v) is 7.11. The van der Waals surface area contributed by atoms with Crippen LogP contribution >= 0.6 is 11.9 Å². The van der Waals surface area contributed by atoms with E-state index in [1.165, 1.54) is 12.8 Å². The Morgan fingerprint density at radius 2 is 2.04 bits per heavy atom. The number of benzene rings is 1. The summed E-state index contributed by atoms with van der Waals surface area (Å²) in [5.41, 5.74) is 4.74. The smallest absolute Gasteiger partial charge is 0.253 e. The average molecular weight is 340 g/mol. The minimum atomic E-state index is 0.0338. The van der Waals surface area contributed by atoms with Crippen LogP contribution in [0.5, 0.6) is 0 Å². The van der Waals surface area contributed by atoms with E-state index in [4.69, 9.17) is 4.42 Å². The first-order valence-electron chi connectivity index (χ1n) is 8.11. The minimum absolute atomic E-state index is 0.0338. The van der Waals surface area contributed by atoms with Crippen molar-refractivity contribution in [2.75, 3.05) is 11.0 Å². The van der Waals surface area contributed by atoms with E-state index in [2.05, 4.69) is 22.9 Å². The molecule has 1 fully saturated rings. The van der Waals surface area contributed by atoms with Gasteiger partial charge < -0.3 is 13.7 Å². The maximum absolute atomic E-state index is 12.0.